The number of aliphatic carboxylic acids is 1. The minimum absolute atomic E-state index is 0.349. The second-order valence-electron chi connectivity index (χ2n) is 4.12. The van der Waals surface area contributed by atoms with Gasteiger partial charge in [0, 0.05) is 12.1 Å². The molecule has 0 saturated carbocycles. The van der Waals surface area contributed by atoms with E-state index in [2.05, 4.69) is 5.10 Å². The Kier molecular flexibility index (Phi) is 3.64. The van der Waals surface area contributed by atoms with E-state index in [1.54, 1.807) is 0 Å². The third kappa shape index (κ3) is 2.77. The molecule has 11 nitrogen and oxygen atoms in total. The number of carbonyl (C=O) groups excluding carboxylic acids is 1. The third-order valence-electron chi connectivity index (χ3n) is 2.69. The number of hydrogen-bond donors (Lipinski definition) is 2. The molecule has 22 heavy (non-hydrogen) atoms. The van der Waals surface area contributed by atoms with Crippen LogP contribution >= 0.6 is 0 Å². The van der Waals surface area contributed by atoms with Gasteiger partial charge in [-0.1, -0.05) is 0 Å². The maximum Gasteiger partial charge on any atom is 0.360 e. The molecule has 0 unspecified atom stereocenters. The molecular weight excluding hydrogens is 322 g/mol. The zero-order chi connectivity index (χ0) is 16.7. The number of nitro benzene ring substituents is 1. The second-order valence-corrected chi connectivity index (χ2v) is 5.51. The molecule has 0 aliphatic carbocycles. The van der Waals surface area contributed by atoms with Crippen LogP contribution in [0, 0.1) is 10.1 Å². The molecule has 116 valence electrons. The Hall–Kier alpha value is -2.86. The van der Waals surface area contributed by atoms with Crippen molar-refractivity contribution in [3.05, 3.63) is 28.3 Å². The molecule has 12 heteroatoms. The number of carbonyl (C=O) groups is 2. The maximum absolute atomic E-state index is 11.5. The molecule has 1 aromatic rings. The molecule has 2 N–H and O–H groups in total. The van der Waals surface area contributed by atoms with Crippen LogP contribution < -0.4 is 5.01 Å². The average molecular weight is 329 g/mol. The van der Waals surface area contributed by atoms with Crippen LogP contribution in [0.25, 0.3) is 0 Å². The van der Waals surface area contributed by atoms with Crippen molar-refractivity contribution < 1.29 is 32.6 Å². The van der Waals surface area contributed by atoms with Gasteiger partial charge >= 0.3 is 5.97 Å². The SMILES string of the molecule is O=C(O)C1=NN(c2ccc([N+](=O)[O-])cc2S(=O)(=O)O)CC1=O. The van der Waals surface area contributed by atoms with Gasteiger partial charge in [-0.25, -0.2) is 4.79 Å². The number of non-ortho nitro benzene ring substituents is 1. The summed E-state index contributed by atoms with van der Waals surface area (Å²) in [6, 6.07) is 2.47. The highest BCUT2D eigenvalue weighted by Gasteiger charge is 2.33. The standard InChI is InChI=1S/C10H7N3O8S/c14-7-4-12(11-9(7)10(15)16)6-2-1-5(13(17)18)3-8(6)22(19,20)21/h1-3H,4H2,(H,15,16)(H,19,20,21). The molecule has 1 aromatic carbocycles. The Morgan fingerprint density at radius 2 is 2.05 bits per heavy atom. The van der Waals surface area contributed by atoms with Crippen LogP contribution in [-0.4, -0.2) is 47.0 Å². The van der Waals surface area contributed by atoms with Crippen LogP contribution in [0.4, 0.5) is 11.4 Å². The lowest BCUT2D eigenvalue weighted by Gasteiger charge is -2.15. The molecule has 0 fully saturated rings. The monoisotopic (exact) mass is 329 g/mol. The Labute approximate surface area is 122 Å². The van der Waals surface area contributed by atoms with Crippen molar-refractivity contribution in [1.29, 1.82) is 0 Å². The maximum atomic E-state index is 11.5. The quantitative estimate of drug-likeness (QED) is 0.427. The van der Waals surface area contributed by atoms with Crippen LogP contribution in [0.15, 0.2) is 28.2 Å². The van der Waals surface area contributed by atoms with Gasteiger partial charge in [0.15, 0.2) is 0 Å². The Balaban J connectivity index is 2.60. The molecule has 0 bridgehead atoms. The summed E-state index contributed by atoms with van der Waals surface area (Å²) in [5.74, 6) is -2.46. The number of anilines is 1. The number of ketones is 1. The van der Waals surface area contributed by atoms with Gasteiger partial charge in [0.2, 0.25) is 11.5 Å². The summed E-state index contributed by atoms with van der Waals surface area (Å²) in [5.41, 5.74) is -1.76. The van der Waals surface area contributed by atoms with Crippen LogP contribution in [0.2, 0.25) is 0 Å². The van der Waals surface area contributed by atoms with E-state index in [1.807, 2.05) is 0 Å². The number of benzene rings is 1. The first-order chi connectivity index (χ1) is 10.1. The lowest BCUT2D eigenvalue weighted by molar-refractivity contribution is -0.385. The predicted octanol–water partition coefficient (Wildman–Crippen LogP) is -0.329. The molecule has 0 atom stereocenters. The largest absolute Gasteiger partial charge is 0.476 e. The van der Waals surface area contributed by atoms with E-state index >= 15 is 0 Å². The van der Waals surface area contributed by atoms with Crippen molar-refractivity contribution in [2.45, 2.75) is 4.90 Å². The number of Topliss-reactive ketones (excluding diaryl/α,β-unsaturated/α-hetero) is 1. The van der Waals surface area contributed by atoms with E-state index < -0.39 is 49.6 Å². The number of nitro groups is 1. The topological polar surface area (TPSA) is 167 Å². The van der Waals surface area contributed by atoms with E-state index in [0.717, 1.165) is 17.1 Å². The van der Waals surface area contributed by atoms with Crippen molar-refractivity contribution in [3.63, 3.8) is 0 Å². The first-order valence-electron chi connectivity index (χ1n) is 5.50. The van der Waals surface area contributed by atoms with Crippen LogP contribution in [0.3, 0.4) is 0 Å². The van der Waals surface area contributed by atoms with Crippen molar-refractivity contribution in [3.8, 4) is 0 Å². The molecule has 0 radical (unpaired) electrons. The highest BCUT2D eigenvalue weighted by molar-refractivity contribution is 7.86. The molecule has 0 aromatic heterocycles. The van der Waals surface area contributed by atoms with Crippen LogP contribution in [-0.2, 0) is 19.7 Å². The van der Waals surface area contributed by atoms with E-state index in [0.29, 0.717) is 6.07 Å². The summed E-state index contributed by atoms with van der Waals surface area (Å²) < 4.78 is 31.8. The van der Waals surface area contributed by atoms with E-state index in [9.17, 15) is 28.1 Å². The van der Waals surface area contributed by atoms with Gasteiger partial charge in [0.25, 0.3) is 15.8 Å². The van der Waals surface area contributed by atoms with Crippen molar-refractivity contribution in [1.82, 2.24) is 0 Å². The lowest BCUT2D eigenvalue weighted by Crippen LogP contribution is -2.23. The number of hydrogen-bond acceptors (Lipinski definition) is 8. The van der Waals surface area contributed by atoms with Crippen molar-refractivity contribution >= 4 is 39.0 Å². The fraction of sp³-hybridized carbons (Fsp3) is 0.100. The fourth-order valence-corrected chi connectivity index (χ4v) is 2.47. The first kappa shape index (κ1) is 15.5. The third-order valence-corrected chi connectivity index (χ3v) is 3.57. The Morgan fingerprint density at radius 3 is 2.50 bits per heavy atom. The van der Waals surface area contributed by atoms with Gasteiger partial charge in [-0.15, -0.1) is 0 Å². The number of hydrazone groups is 1. The average Bonchev–Trinajstić information content (AvgIpc) is 2.79. The number of carboxylic acids is 1. The van der Waals surface area contributed by atoms with Gasteiger partial charge in [0.05, 0.1) is 10.6 Å². The first-order valence-corrected chi connectivity index (χ1v) is 6.94. The van der Waals surface area contributed by atoms with Crippen molar-refractivity contribution in [2.75, 3.05) is 11.6 Å². The highest BCUT2D eigenvalue weighted by Crippen LogP contribution is 2.30. The zero-order valence-corrected chi connectivity index (χ0v) is 11.3. The summed E-state index contributed by atoms with van der Waals surface area (Å²) in [6.07, 6.45) is 0. The van der Waals surface area contributed by atoms with Crippen LogP contribution in [0.5, 0.6) is 0 Å². The van der Waals surface area contributed by atoms with Gasteiger partial charge in [-0.05, 0) is 6.07 Å². The molecule has 2 rings (SSSR count). The molecule has 1 aliphatic rings. The normalized spacial score (nSPS) is 14.9. The molecular formula is C10H7N3O8S. The van der Waals surface area contributed by atoms with Gasteiger partial charge < -0.3 is 5.11 Å². The number of rotatable bonds is 4. The Morgan fingerprint density at radius 1 is 1.41 bits per heavy atom. The fourth-order valence-electron chi connectivity index (χ4n) is 1.76. The highest BCUT2D eigenvalue weighted by atomic mass is 32.2. The number of carboxylic acid groups (broad SMARTS) is 1. The smallest absolute Gasteiger partial charge is 0.360 e. The zero-order valence-electron chi connectivity index (χ0n) is 10.5. The molecule has 0 spiro atoms. The van der Waals surface area contributed by atoms with Crippen molar-refractivity contribution in [2.24, 2.45) is 5.10 Å². The minimum Gasteiger partial charge on any atom is -0.476 e. The molecule has 0 amide bonds. The molecule has 0 saturated heterocycles. The van der Waals surface area contributed by atoms with Gasteiger partial charge in [-0.3, -0.25) is 24.5 Å². The lowest BCUT2D eigenvalue weighted by atomic mass is 10.2. The van der Waals surface area contributed by atoms with E-state index in [4.69, 9.17) is 9.66 Å². The minimum atomic E-state index is -4.86. The summed E-state index contributed by atoms with van der Waals surface area (Å²) in [4.78, 5) is 31.2. The predicted molar refractivity (Wildman–Crippen MR) is 70.3 cm³/mol. The second kappa shape index (κ2) is 5.16. The Bertz CT molecular complexity index is 829. The summed E-state index contributed by atoms with van der Waals surface area (Å²) in [6.45, 7) is -0.567. The van der Waals surface area contributed by atoms with Gasteiger partial charge in [0.1, 0.15) is 11.4 Å². The number of nitrogens with zero attached hydrogens (tertiary/aromatic N) is 3. The summed E-state index contributed by atoms with van der Waals surface area (Å²) in [5, 5.41) is 23.6. The van der Waals surface area contributed by atoms with E-state index in [1.165, 1.54) is 0 Å². The molecule has 1 aliphatic heterocycles. The van der Waals surface area contributed by atoms with E-state index in [-0.39, 0.29) is 5.69 Å². The summed E-state index contributed by atoms with van der Waals surface area (Å²) in [7, 11) is -4.86. The summed E-state index contributed by atoms with van der Waals surface area (Å²) >= 11 is 0. The van der Waals surface area contributed by atoms with Gasteiger partial charge in [-0.2, -0.15) is 13.5 Å². The van der Waals surface area contributed by atoms with Crippen LogP contribution in [0.1, 0.15) is 0 Å². The molecule has 1 heterocycles.